The lowest BCUT2D eigenvalue weighted by Crippen LogP contribution is -2.80. The molecular formula is C23H20N4O4S2. The van der Waals surface area contributed by atoms with Crippen LogP contribution in [0.4, 0.5) is 5.69 Å². The van der Waals surface area contributed by atoms with Gasteiger partial charge >= 0.3 is 0 Å². The number of anilines is 1. The molecule has 5 aliphatic heterocycles. The van der Waals surface area contributed by atoms with Crippen molar-refractivity contribution in [3.05, 3.63) is 65.9 Å². The number of carbonyl (C=O) groups is 2. The molecule has 6 heterocycles. The first-order valence-corrected chi connectivity index (χ1v) is 12.9. The maximum absolute atomic E-state index is 13.9. The van der Waals surface area contributed by atoms with Gasteiger partial charge in [-0.3, -0.25) is 14.5 Å². The fraction of sp³-hybridized carbons (Fsp3) is 0.304. The van der Waals surface area contributed by atoms with Crippen molar-refractivity contribution in [2.24, 2.45) is 0 Å². The Kier molecular flexibility index (Phi) is 3.63. The van der Waals surface area contributed by atoms with Crippen molar-refractivity contribution in [1.29, 1.82) is 0 Å². The molecule has 2 aromatic carbocycles. The van der Waals surface area contributed by atoms with Gasteiger partial charge in [-0.25, -0.2) is 0 Å². The lowest BCUT2D eigenvalue weighted by atomic mass is 9.70. The minimum absolute atomic E-state index is 0.410. The van der Waals surface area contributed by atoms with E-state index in [2.05, 4.69) is 15.6 Å². The minimum atomic E-state index is -1.54. The monoisotopic (exact) mass is 480 g/mol. The second-order valence-electron chi connectivity index (χ2n) is 9.02. The number of aliphatic hydroxyl groups excluding tert-OH is 2. The fourth-order valence-electron chi connectivity index (χ4n) is 6.08. The maximum atomic E-state index is 13.9. The van der Waals surface area contributed by atoms with Crippen molar-refractivity contribution in [3.8, 4) is 0 Å². The number of nitrogens with zero attached hydrogens (tertiary/aromatic N) is 1. The van der Waals surface area contributed by atoms with Gasteiger partial charge in [0.25, 0.3) is 11.8 Å². The average molecular weight is 481 g/mol. The molecule has 33 heavy (non-hydrogen) atoms. The van der Waals surface area contributed by atoms with Crippen LogP contribution in [0.25, 0.3) is 10.9 Å². The van der Waals surface area contributed by atoms with Gasteiger partial charge in [0.15, 0.2) is 0 Å². The number of aliphatic hydroxyl groups is 2. The molecule has 1 aromatic heterocycles. The van der Waals surface area contributed by atoms with Crippen molar-refractivity contribution in [2.75, 3.05) is 5.32 Å². The smallest absolute Gasteiger partial charge is 0.265 e. The van der Waals surface area contributed by atoms with E-state index in [0.29, 0.717) is 0 Å². The number of nitrogens with one attached hydrogen (secondary N) is 3. The molecule has 168 valence electrons. The average Bonchev–Trinajstić information content (AvgIpc) is 3.44. The Morgan fingerprint density at radius 3 is 2.61 bits per heavy atom. The van der Waals surface area contributed by atoms with E-state index in [4.69, 9.17) is 0 Å². The van der Waals surface area contributed by atoms with Gasteiger partial charge in [0, 0.05) is 22.8 Å². The Bertz CT molecular complexity index is 1380. The van der Waals surface area contributed by atoms with Crippen LogP contribution < -0.4 is 10.6 Å². The molecule has 0 aliphatic carbocycles. The van der Waals surface area contributed by atoms with Crippen molar-refractivity contribution in [1.82, 2.24) is 15.2 Å². The molecule has 2 amide bonds. The summed E-state index contributed by atoms with van der Waals surface area (Å²) in [6, 6.07) is 15.5. The standard InChI is InChI=1S/C23H20N4O4S2/c1-11(28)22-20(31)27-18-21(13-7-3-5-9-16(13)25-18,14-10-24-15-8-4-2-6-12(14)15)17(29)23(27,33-32-22)19(30)26-22/h2-11,17-18,24-25,28-29H,1H3,(H,26,30)/t11?,17-,18+,21?,22-,23-/m0/s1. The minimum Gasteiger partial charge on any atom is -0.389 e. The molecule has 1 spiro atoms. The van der Waals surface area contributed by atoms with Crippen LogP contribution >= 0.6 is 21.6 Å². The molecule has 3 aromatic rings. The largest absolute Gasteiger partial charge is 0.389 e. The van der Waals surface area contributed by atoms with E-state index in [-0.39, 0.29) is 0 Å². The number of aromatic nitrogens is 1. The van der Waals surface area contributed by atoms with Gasteiger partial charge in [0.05, 0.1) is 11.5 Å². The van der Waals surface area contributed by atoms with Crippen molar-refractivity contribution >= 4 is 50.0 Å². The van der Waals surface area contributed by atoms with Crippen LogP contribution in [0.1, 0.15) is 18.1 Å². The summed E-state index contributed by atoms with van der Waals surface area (Å²) in [7, 11) is 2.28. The molecule has 5 N–H and O–H groups in total. The third kappa shape index (κ3) is 1.94. The summed E-state index contributed by atoms with van der Waals surface area (Å²) < 4.78 is 0. The van der Waals surface area contributed by atoms with Crippen molar-refractivity contribution < 1.29 is 19.8 Å². The summed E-state index contributed by atoms with van der Waals surface area (Å²) >= 11 is 0. The lowest BCUT2D eigenvalue weighted by Gasteiger charge is -2.55. The maximum Gasteiger partial charge on any atom is 0.265 e. The van der Waals surface area contributed by atoms with Crippen molar-refractivity contribution in [3.63, 3.8) is 0 Å². The van der Waals surface area contributed by atoms with E-state index in [0.717, 1.165) is 49.3 Å². The number of hydrogen-bond donors (Lipinski definition) is 5. The number of para-hydroxylation sites is 2. The van der Waals surface area contributed by atoms with Crippen LogP contribution in [0.3, 0.4) is 0 Å². The van der Waals surface area contributed by atoms with Gasteiger partial charge < -0.3 is 25.8 Å². The van der Waals surface area contributed by atoms with Crippen LogP contribution in [0, 0.1) is 0 Å². The normalized spacial score (nSPS) is 36.9. The number of piperazine rings is 1. The Morgan fingerprint density at radius 1 is 1.06 bits per heavy atom. The van der Waals surface area contributed by atoms with Gasteiger partial charge in [-0.2, -0.15) is 0 Å². The highest BCUT2D eigenvalue weighted by atomic mass is 33.1. The first kappa shape index (κ1) is 19.8. The third-order valence-corrected chi connectivity index (χ3v) is 11.2. The molecule has 5 aliphatic rings. The number of fused-ring (bicyclic) bond motifs is 6. The quantitative estimate of drug-likeness (QED) is 0.355. The third-order valence-electron chi connectivity index (χ3n) is 7.60. The van der Waals surface area contributed by atoms with E-state index in [1.165, 1.54) is 11.8 Å². The summed E-state index contributed by atoms with van der Waals surface area (Å²) in [6.07, 6.45) is -1.21. The molecule has 0 radical (unpaired) electrons. The molecule has 4 fully saturated rings. The van der Waals surface area contributed by atoms with E-state index < -0.39 is 45.3 Å². The Balaban J connectivity index is 1.57. The molecule has 10 heteroatoms. The lowest BCUT2D eigenvalue weighted by molar-refractivity contribution is -0.158. The number of amides is 2. The Labute approximate surface area is 196 Å². The highest BCUT2D eigenvalue weighted by Gasteiger charge is 2.82. The highest BCUT2D eigenvalue weighted by Crippen LogP contribution is 2.68. The number of aromatic amines is 1. The summed E-state index contributed by atoms with van der Waals surface area (Å²) in [5.74, 6) is -0.876. The van der Waals surface area contributed by atoms with Crippen LogP contribution in [0.15, 0.2) is 54.7 Å². The second-order valence-corrected chi connectivity index (χ2v) is 11.6. The summed E-state index contributed by atoms with van der Waals surface area (Å²) in [4.78, 5) is 29.3. The number of hydrogen-bond acceptors (Lipinski definition) is 7. The fourth-order valence-corrected chi connectivity index (χ4v) is 9.73. The molecule has 0 saturated carbocycles. The SMILES string of the molecule is CC(O)[C@]12NC(=O)[C@@]3(SS1)[C@@H](O)C1(c4c[nH]c5ccccc45)c4ccccc4N[C@@H]1N3C2=O. The zero-order valence-electron chi connectivity index (χ0n) is 17.4. The van der Waals surface area contributed by atoms with Crippen molar-refractivity contribution in [2.45, 2.75) is 40.5 Å². The first-order valence-electron chi connectivity index (χ1n) is 10.7. The molecule has 6 atom stereocenters. The summed E-state index contributed by atoms with van der Waals surface area (Å²) in [6.45, 7) is 1.50. The predicted octanol–water partition coefficient (Wildman–Crippen LogP) is 1.71. The second kappa shape index (κ2) is 6.06. The molecule has 8 nitrogen and oxygen atoms in total. The molecule has 4 saturated heterocycles. The van der Waals surface area contributed by atoms with Crippen LogP contribution in [0.5, 0.6) is 0 Å². The topological polar surface area (TPSA) is 118 Å². The van der Waals surface area contributed by atoms with Gasteiger partial charge in [-0.15, -0.1) is 0 Å². The van der Waals surface area contributed by atoms with Crippen LogP contribution in [-0.4, -0.2) is 60.0 Å². The first-order chi connectivity index (χ1) is 15.9. The van der Waals surface area contributed by atoms with Gasteiger partial charge in [-0.05, 0) is 51.8 Å². The highest BCUT2D eigenvalue weighted by molar-refractivity contribution is 8.78. The molecule has 2 bridgehead atoms. The number of rotatable bonds is 2. The van der Waals surface area contributed by atoms with Crippen LogP contribution in [0.2, 0.25) is 0 Å². The van der Waals surface area contributed by atoms with Gasteiger partial charge in [0.1, 0.15) is 12.3 Å². The predicted molar refractivity (Wildman–Crippen MR) is 126 cm³/mol. The molecule has 2 unspecified atom stereocenters. The summed E-state index contributed by atoms with van der Waals surface area (Å²) in [5.41, 5.74) is 2.26. The Morgan fingerprint density at radius 2 is 1.82 bits per heavy atom. The van der Waals surface area contributed by atoms with E-state index in [1.807, 2.05) is 54.7 Å². The number of carbonyl (C=O) groups excluding carboxylic acids is 2. The van der Waals surface area contributed by atoms with E-state index in [9.17, 15) is 19.8 Å². The van der Waals surface area contributed by atoms with Gasteiger partial charge in [-0.1, -0.05) is 36.4 Å². The van der Waals surface area contributed by atoms with E-state index >= 15 is 0 Å². The number of benzene rings is 2. The zero-order valence-corrected chi connectivity index (χ0v) is 19.0. The van der Waals surface area contributed by atoms with Gasteiger partial charge in [0.2, 0.25) is 9.74 Å². The van der Waals surface area contributed by atoms with Crippen LogP contribution in [-0.2, 0) is 15.0 Å². The van der Waals surface area contributed by atoms with E-state index in [1.54, 1.807) is 0 Å². The molecular weight excluding hydrogens is 460 g/mol. The Hall–Kier alpha value is -2.66. The summed E-state index contributed by atoms with van der Waals surface area (Å²) in [5, 5.41) is 29.9. The molecule has 8 rings (SSSR count). The zero-order chi connectivity index (χ0) is 22.8. The number of H-pyrrole nitrogens is 1.